The van der Waals surface area contributed by atoms with Crippen molar-refractivity contribution in [2.24, 2.45) is 0 Å². The molecule has 0 bridgehead atoms. The molecule has 0 aliphatic heterocycles. The highest BCUT2D eigenvalue weighted by atomic mass is 19.4. The molecule has 0 amide bonds. The molecule has 4 N–H and O–H groups in total. The van der Waals surface area contributed by atoms with E-state index in [0.717, 1.165) is 24.3 Å². The molecule has 0 spiro atoms. The van der Waals surface area contributed by atoms with E-state index in [2.05, 4.69) is 0 Å². The number of nitrogens with two attached hydrogens (primary N) is 2. The van der Waals surface area contributed by atoms with Gasteiger partial charge in [-0.05, 0) is 12.1 Å². The van der Waals surface area contributed by atoms with Crippen molar-refractivity contribution in [2.45, 2.75) is 17.8 Å². The Morgan fingerprint density at radius 1 is 0.609 bits per heavy atom. The topological polar surface area (TPSA) is 52.0 Å². The van der Waals surface area contributed by atoms with Gasteiger partial charge in [0.15, 0.2) is 0 Å². The van der Waals surface area contributed by atoms with Crippen LogP contribution < -0.4 is 11.5 Å². The second kappa shape index (κ2) is 5.36. The number of anilines is 2. The van der Waals surface area contributed by atoms with E-state index in [0.29, 0.717) is 12.1 Å². The Hall–Kier alpha value is -2.38. The molecule has 0 aromatic heterocycles. The average Bonchev–Trinajstić information content (AvgIpc) is 2.46. The number of nitrogen functional groups attached to an aromatic ring is 2. The first-order valence-corrected chi connectivity index (χ1v) is 6.37. The summed E-state index contributed by atoms with van der Waals surface area (Å²) < 4.78 is 84.1. The van der Waals surface area contributed by atoms with E-state index in [1.54, 1.807) is 0 Å². The lowest BCUT2D eigenvalue weighted by atomic mass is 9.83. The maximum atomic E-state index is 14.9. The van der Waals surface area contributed by atoms with Gasteiger partial charge in [-0.1, -0.05) is 36.4 Å². The third-order valence-corrected chi connectivity index (χ3v) is 3.45. The summed E-state index contributed by atoms with van der Waals surface area (Å²) in [6.07, 6.45) is -5.92. The van der Waals surface area contributed by atoms with Crippen LogP contribution in [-0.2, 0) is 11.6 Å². The minimum atomic E-state index is -5.92. The average molecular weight is 334 g/mol. The molecule has 0 saturated heterocycles. The summed E-state index contributed by atoms with van der Waals surface area (Å²) in [4.78, 5) is 0. The van der Waals surface area contributed by atoms with Crippen molar-refractivity contribution in [2.75, 3.05) is 11.5 Å². The van der Waals surface area contributed by atoms with Crippen LogP contribution in [-0.4, -0.2) is 6.18 Å². The van der Waals surface area contributed by atoms with E-state index >= 15 is 0 Å². The monoisotopic (exact) mass is 334 g/mol. The standard InChI is InChI=1S/C15H12F6N2/c16-13(15(19,20)21,9-5-1-3-7-11(9)22)14(17,18)10-6-2-4-8-12(10)23/h1-8H,22-23H2. The third kappa shape index (κ3) is 2.47. The molecule has 0 fully saturated rings. The Morgan fingerprint density at radius 3 is 1.39 bits per heavy atom. The number of para-hydroxylation sites is 2. The Bertz CT molecular complexity index is 713. The predicted molar refractivity (Wildman–Crippen MR) is 74.4 cm³/mol. The highest BCUT2D eigenvalue weighted by molar-refractivity contribution is 5.56. The summed E-state index contributed by atoms with van der Waals surface area (Å²) in [5.41, 5.74) is 1.59. The SMILES string of the molecule is Nc1ccccc1C(F)(F)C(F)(c1ccccc1N)C(F)(F)F. The predicted octanol–water partition coefficient (Wildman–Crippen LogP) is 4.37. The normalized spacial score (nSPS) is 15.2. The van der Waals surface area contributed by atoms with Crippen LogP contribution in [0, 0.1) is 0 Å². The number of rotatable bonds is 3. The Balaban J connectivity index is 2.79. The van der Waals surface area contributed by atoms with Crippen LogP contribution in [0.1, 0.15) is 11.1 Å². The number of hydrogen-bond acceptors (Lipinski definition) is 2. The Morgan fingerprint density at radius 2 is 1.00 bits per heavy atom. The molecule has 2 aromatic rings. The first-order valence-electron chi connectivity index (χ1n) is 6.37. The van der Waals surface area contributed by atoms with Crippen molar-refractivity contribution in [1.29, 1.82) is 0 Å². The van der Waals surface area contributed by atoms with Crippen molar-refractivity contribution in [3.8, 4) is 0 Å². The van der Waals surface area contributed by atoms with E-state index in [1.807, 2.05) is 0 Å². The summed E-state index contributed by atoms with van der Waals surface area (Å²) in [6, 6.07) is 7.61. The zero-order chi connectivity index (χ0) is 17.5. The molecule has 1 unspecified atom stereocenters. The van der Waals surface area contributed by atoms with Gasteiger partial charge in [-0.2, -0.15) is 22.0 Å². The number of halogens is 6. The van der Waals surface area contributed by atoms with Crippen LogP contribution >= 0.6 is 0 Å². The second-order valence-electron chi connectivity index (χ2n) is 4.91. The van der Waals surface area contributed by atoms with Crippen LogP contribution in [0.4, 0.5) is 37.7 Å². The van der Waals surface area contributed by atoms with E-state index in [-0.39, 0.29) is 0 Å². The van der Waals surface area contributed by atoms with E-state index in [9.17, 15) is 26.3 Å². The first-order chi connectivity index (χ1) is 10.5. The highest BCUT2D eigenvalue weighted by Gasteiger charge is 2.73. The summed E-state index contributed by atoms with van der Waals surface area (Å²) >= 11 is 0. The zero-order valence-corrected chi connectivity index (χ0v) is 11.5. The van der Waals surface area contributed by atoms with Gasteiger partial charge in [0.05, 0.1) is 0 Å². The minimum absolute atomic E-state index is 0.579. The summed E-state index contributed by atoms with van der Waals surface area (Å²) in [5, 5.41) is 0. The Labute approximate surface area is 127 Å². The lowest BCUT2D eigenvalue weighted by molar-refractivity contribution is -0.314. The fraction of sp³-hybridized carbons (Fsp3) is 0.200. The van der Waals surface area contributed by atoms with Gasteiger partial charge in [-0.15, -0.1) is 0 Å². The second-order valence-corrected chi connectivity index (χ2v) is 4.91. The number of alkyl halides is 6. The molecule has 8 heteroatoms. The summed E-state index contributed by atoms with van der Waals surface area (Å²) in [5.74, 6) is -4.98. The van der Waals surface area contributed by atoms with Crippen molar-refractivity contribution in [3.63, 3.8) is 0 Å². The minimum Gasteiger partial charge on any atom is -0.398 e. The van der Waals surface area contributed by atoms with Gasteiger partial charge in [0, 0.05) is 22.5 Å². The van der Waals surface area contributed by atoms with Crippen LogP contribution in [0.15, 0.2) is 48.5 Å². The van der Waals surface area contributed by atoms with Gasteiger partial charge in [0.25, 0.3) is 5.67 Å². The highest BCUT2D eigenvalue weighted by Crippen LogP contribution is 2.58. The summed E-state index contributed by atoms with van der Waals surface area (Å²) in [6.45, 7) is 0. The van der Waals surface area contributed by atoms with Gasteiger partial charge in [-0.3, -0.25) is 0 Å². The quantitative estimate of drug-likeness (QED) is 0.647. The zero-order valence-electron chi connectivity index (χ0n) is 11.5. The van der Waals surface area contributed by atoms with Crippen LogP contribution in [0.3, 0.4) is 0 Å². The number of benzene rings is 2. The molecule has 2 rings (SSSR count). The molecular formula is C15H12F6N2. The molecule has 0 aliphatic carbocycles. The van der Waals surface area contributed by atoms with Crippen molar-refractivity contribution >= 4 is 11.4 Å². The van der Waals surface area contributed by atoms with Crippen molar-refractivity contribution in [3.05, 3.63) is 59.7 Å². The van der Waals surface area contributed by atoms with Gasteiger partial charge in [0.2, 0.25) is 0 Å². The van der Waals surface area contributed by atoms with Crippen molar-refractivity contribution in [1.82, 2.24) is 0 Å². The molecule has 2 nitrogen and oxygen atoms in total. The van der Waals surface area contributed by atoms with E-state index in [1.165, 1.54) is 12.1 Å². The first kappa shape index (κ1) is 17.0. The molecule has 0 saturated carbocycles. The van der Waals surface area contributed by atoms with Gasteiger partial charge < -0.3 is 11.5 Å². The van der Waals surface area contributed by atoms with Gasteiger partial charge in [-0.25, -0.2) is 4.39 Å². The number of hydrogen-bond donors (Lipinski definition) is 2. The molecule has 2 aromatic carbocycles. The smallest absolute Gasteiger partial charge is 0.398 e. The molecule has 1 atom stereocenters. The Kier molecular flexibility index (Phi) is 3.96. The molecule has 0 heterocycles. The van der Waals surface area contributed by atoms with E-state index in [4.69, 9.17) is 11.5 Å². The lowest BCUT2D eigenvalue weighted by Gasteiger charge is -2.36. The fourth-order valence-corrected chi connectivity index (χ4v) is 2.28. The molecular weight excluding hydrogens is 322 g/mol. The lowest BCUT2D eigenvalue weighted by Crippen LogP contribution is -2.51. The van der Waals surface area contributed by atoms with Crippen molar-refractivity contribution < 1.29 is 26.3 Å². The molecule has 0 radical (unpaired) electrons. The van der Waals surface area contributed by atoms with Crippen LogP contribution in [0.5, 0.6) is 0 Å². The molecule has 124 valence electrons. The maximum absolute atomic E-state index is 14.9. The molecule has 23 heavy (non-hydrogen) atoms. The maximum Gasteiger partial charge on any atom is 0.433 e. The fourth-order valence-electron chi connectivity index (χ4n) is 2.28. The summed E-state index contributed by atoms with van der Waals surface area (Å²) in [7, 11) is 0. The van der Waals surface area contributed by atoms with Gasteiger partial charge in [0.1, 0.15) is 0 Å². The molecule has 0 aliphatic rings. The van der Waals surface area contributed by atoms with E-state index < -0.39 is 40.3 Å². The van der Waals surface area contributed by atoms with Crippen LogP contribution in [0.25, 0.3) is 0 Å². The van der Waals surface area contributed by atoms with Gasteiger partial charge >= 0.3 is 12.1 Å². The van der Waals surface area contributed by atoms with Crippen LogP contribution in [0.2, 0.25) is 0 Å². The largest absolute Gasteiger partial charge is 0.433 e. The third-order valence-electron chi connectivity index (χ3n) is 3.45.